The monoisotopic (exact) mass is 298 g/mol. The number of hydrogen-bond donors (Lipinski definition) is 3. The molecule has 0 aliphatic heterocycles. The minimum absolute atomic E-state index is 0.00551. The molecule has 1 aliphatic rings. The van der Waals surface area contributed by atoms with Crippen molar-refractivity contribution in [2.75, 3.05) is 6.54 Å². The van der Waals surface area contributed by atoms with Gasteiger partial charge >= 0.3 is 5.97 Å². The number of carboxylic acids is 1. The molecular formula is C16H30N2O3. The van der Waals surface area contributed by atoms with Gasteiger partial charge in [-0.05, 0) is 24.7 Å². The molecule has 0 saturated heterocycles. The van der Waals surface area contributed by atoms with Crippen molar-refractivity contribution in [3.05, 3.63) is 0 Å². The molecule has 1 aliphatic carbocycles. The maximum absolute atomic E-state index is 12.5. The number of carboxylic acid groups (broad SMARTS) is 1. The zero-order valence-corrected chi connectivity index (χ0v) is 13.6. The Labute approximate surface area is 127 Å². The van der Waals surface area contributed by atoms with Crippen LogP contribution in [0.1, 0.15) is 65.7 Å². The highest BCUT2D eigenvalue weighted by Gasteiger charge is 2.37. The molecule has 5 nitrogen and oxygen atoms in total. The van der Waals surface area contributed by atoms with Crippen molar-refractivity contribution in [1.82, 2.24) is 5.32 Å². The molecule has 122 valence electrons. The Bertz CT molecular complexity index is 368. The summed E-state index contributed by atoms with van der Waals surface area (Å²) in [6.45, 7) is 6.54. The van der Waals surface area contributed by atoms with Crippen LogP contribution in [-0.4, -0.2) is 29.1 Å². The molecule has 4 N–H and O–H groups in total. The predicted molar refractivity (Wildman–Crippen MR) is 82.8 cm³/mol. The van der Waals surface area contributed by atoms with Crippen molar-refractivity contribution in [2.24, 2.45) is 17.1 Å². The third-order valence-corrected chi connectivity index (χ3v) is 4.20. The molecule has 1 unspecified atom stereocenters. The summed E-state index contributed by atoms with van der Waals surface area (Å²) in [6.07, 6.45) is 5.26. The van der Waals surface area contributed by atoms with E-state index in [1.165, 1.54) is 0 Å². The molecule has 0 aromatic carbocycles. The van der Waals surface area contributed by atoms with Crippen molar-refractivity contribution in [1.29, 1.82) is 0 Å². The lowest BCUT2D eigenvalue weighted by Crippen LogP contribution is -2.53. The van der Waals surface area contributed by atoms with Gasteiger partial charge in [-0.1, -0.05) is 40.0 Å². The van der Waals surface area contributed by atoms with Crippen LogP contribution >= 0.6 is 0 Å². The zero-order valence-electron chi connectivity index (χ0n) is 13.6. The molecular weight excluding hydrogens is 268 g/mol. The molecule has 0 heterocycles. The smallest absolute Gasteiger partial charge is 0.305 e. The second-order valence-corrected chi connectivity index (χ2v) is 7.60. The van der Waals surface area contributed by atoms with Crippen LogP contribution < -0.4 is 11.1 Å². The van der Waals surface area contributed by atoms with Gasteiger partial charge in [0.05, 0.1) is 17.9 Å². The Morgan fingerprint density at radius 1 is 1.24 bits per heavy atom. The average Bonchev–Trinajstić information content (AvgIpc) is 2.34. The van der Waals surface area contributed by atoms with E-state index >= 15 is 0 Å². The topological polar surface area (TPSA) is 92.4 Å². The highest BCUT2D eigenvalue weighted by atomic mass is 16.4. The number of amides is 1. The van der Waals surface area contributed by atoms with Gasteiger partial charge in [0.2, 0.25) is 5.91 Å². The normalized spacial score (nSPS) is 19.8. The number of hydrogen-bond acceptors (Lipinski definition) is 3. The highest BCUT2D eigenvalue weighted by Crippen LogP contribution is 2.32. The fourth-order valence-corrected chi connectivity index (χ4v) is 3.25. The summed E-state index contributed by atoms with van der Waals surface area (Å²) in [5.74, 6) is -1.19. The minimum Gasteiger partial charge on any atom is -0.481 e. The van der Waals surface area contributed by atoms with Crippen LogP contribution in [0.4, 0.5) is 0 Å². The maximum Gasteiger partial charge on any atom is 0.305 e. The number of nitrogens with two attached hydrogens (primary N) is 1. The van der Waals surface area contributed by atoms with Crippen LogP contribution in [0.25, 0.3) is 0 Å². The Hall–Kier alpha value is -1.10. The first-order valence-electron chi connectivity index (χ1n) is 7.91. The van der Waals surface area contributed by atoms with Gasteiger partial charge in [0.15, 0.2) is 0 Å². The number of rotatable bonds is 6. The van der Waals surface area contributed by atoms with E-state index < -0.39 is 11.5 Å². The molecule has 5 heteroatoms. The second-order valence-electron chi connectivity index (χ2n) is 7.60. The van der Waals surface area contributed by atoms with E-state index in [9.17, 15) is 9.59 Å². The Morgan fingerprint density at radius 2 is 1.81 bits per heavy atom. The lowest BCUT2D eigenvalue weighted by molar-refractivity contribution is -0.140. The van der Waals surface area contributed by atoms with Gasteiger partial charge in [-0.15, -0.1) is 0 Å². The van der Waals surface area contributed by atoms with Crippen LogP contribution in [-0.2, 0) is 9.59 Å². The summed E-state index contributed by atoms with van der Waals surface area (Å²) in [4.78, 5) is 23.7. The van der Waals surface area contributed by atoms with E-state index in [0.717, 1.165) is 32.1 Å². The van der Waals surface area contributed by atoms with Gasteiger partial charge < -0.3 is 16.2 Å². The SMILES string of the molecule is CC(C)(C)CC(CN)C(=O)NC1(CC(=O)O)CCCCC1. The summed E-state index contributed by atoms with van der Waals surface area (Å²) in [7, 11) is 0. The summed E-state index contributed by atoms with van der Waals surface area (Å²) < 4.78 is 0. The van der Waals surface area contributed by atoms with Crippen molar-refractivity contribution in [2.45, 2.75) is 71.3 Å². The zero-order chi connectivity index (χ0) is 16.1. The lowest BCUT2D eigenvalue weighted by atomic mass is 9.78. The average molecular weight is 298 g/mol. The molecule has 0 aromatic heterocycles. The third kappa shape index (κ3) is 6.04. The molecule has 1 saturated carbocycles. The van der Waals surface area contributed by atoms with Gasteiger partial charge in [0.25, 0.3) is 0 Å². The number of nitrogens with one attached hydrogen (secondary N) is 1. The van der Waals surface area contributed by atoms with Crippen molar-refractivity contribution in [3.63, 3.8) is 0 Å². The van der Waals surface area contributed by atoms with E-state index in [1.807, 2.05) is 0 Å². The Balaban J connectivity index is 2.76. The molecule has 1 amide bonds. The van der Waals surface area contributed by atoms with Gasteiger partial charge in [-0.25, -0.2) is 0 Å². The van der Waals surface area contributed by atoms with Gasteiger partial charge in [0.1, 0.15) is 0 Å². The molecule has 1 fully saturated rings. The van der Waals surface area contributed by atoms with Gasteiger partial charge in [-0.3, -0.25) is 9.59 Å². The van der Waals surface area contributed by atoms with E-state index in [2.05, 4.69) is 26.1 Å². The molecule has 1 atom stereocenters. The van der Waals surface area contributed by atoms with Crippen molar-refractivity contribution in [3.8, 4) is 0 Å². The molecule has 1 rings (SSSR count). The van der Waals surface area contributed by atoms with Crippen LogP contribution in [0, 0.1) is 11.3 Å². The molecule has 0 radical (unpaired) electrons. The van der Waals surface area contributed by atoms with E-state index in [0.29, 0.717) is 13.0 Å². The predicted octanol–water partition coefficient (Wildman–Crippen LogP) is 2.29. The van der Waals surface area contributed by atoms with Crippen molar-refractivity contribution >= 4 is 11.9 Å². The summed E-state index contributed by atoms with van der Waals surface area (Å²) in [5, 5.41) is 12.2. The lowest BCUT2D eigenvalue weighted by Gasteiger charge is -2.38. The van der Waals surface area contributed by atoms with E-state index in [-0.39, 0.29) is 23.7 Å². The third-order valence-electron chi connectivity index (χ3n) is 4.20. The molecule has 0 aromatic rings. The first-order valence-corrected chi connectivity index (χ1v) is 7.91. The fraction of sp³-hybridized carbons (Fsp3) is 0.875. The second kappa shape index (κ2) is 7.25. The quantitative estimate of drug-likeness (QED) is 0.701. The number of aliphatic carboxylic acids is 1. The van der Waals surface area contributed by atoms with Gasteiger partial charge in [-0.2, -0.15) is 0 Å². The van der Waals surface area contributed by atoms with E-state index in [4.69, 9.17) is 10.8 Å². The van der Waals surface area contributed by atoms with Crippen LogP contribution in [0.5, 0.6) is 0 Å². The van der Waals surface area contributed by atoms with Crippen LogP contribution in [0.2, 0.25) is 0 Å². The van der Waals surface area contributed by atoms with Crippen LogP contribution in [0.15, 0.2) is 0 Å². The Kier molecular flexibility index (Phi) is 6.20. The number of carbonyl (C=O) groups excluding carboxylic acids is 1. The molecule has 0 spiro atoms. The first-order chi connectivity index (χ1) is 9.67. The first kappa shape index (κ1) is 18.0. The van der Waals surface area contributed by atoms with Crippen molar-refractivity contribution < 1.29 is 14.7 Å². The summed E-state index contributed by atoms with van der Waals surface area (Å²) in [6, 6.07) is 0. The summed E-state index contributed by atoms with van der Waals surface area (Å²) >= 11 is 0. The minimum atomic E-state index is -0.850. The van der Waals surface area contributed by atoms with E-state index in [1.54, 1.807) is 0 Å². The fourth-order valence-electron chi connectivity index (χ4n) is 3.25. The Morgan fingerprint density at radius 3 is 2.24 bits per heavy atom. The van der Waals surface area contributed by atoms with Gasteiger partial charge in [0, 0.05) is 6.54 Å². The molecule has 0 bridgehead atoms. The largest absolute Gasteiger partial charge is 0.481 e. The highest BCUT2D eigenvalue weighted by molar-refractivity contribution is 5.81. The number of carbonyl (C=O) groups is 2. The maximum atomic E-state index is 12.5. The van der Waals surface area contributed by atoms with Crippen LogP contribution in [0.3, 0.4) is 0 Å². The standard InChI is InChI=1S/C16H30N2O3/c1-15(2,3)9-12(11-17)14(21)18-16(10-13(19)20)7-5-4-6-8-16/h12H,4-11,17H2,1-3H3,(H,18,21)(H,19,20). The summed E-state index contributed by atoms with van der Waals surface area (Å²) in [5.41, 5.74) is 5.20. The molecule has 21 heavy (non-hydrogen) atoms.